The van der Waals surface area contributed by atoms with Gasteiger partial charge in [-0.15, -0.1) is 0 Å². The second-order valence-corrected chi connectivity index (χ2v) is 4.23. The van der Waals surface area contributed by atoms with Gasteiger partial charge in [-0.05, 0) is 43.1 Å². The first-order chi connectivity index (χ1) is 7.68. The largest absolute Gasteiger partial charge is 0.492 e. The van der Waals surface area contributed by atoms with E-state index in [4.69, 9.17) is 4.74 Å². The second-order valence-electron chi connectivity index (χ2n) is 4.23. The lowest BCUT2D eigenvalue weighted by molar-refractivity contribution is 0.312. The molecule has 0 aliphatic heterocycles. The van der Waals surface area contributed by atoms with Crippen molar-refractivity contribution in [1.82, 2.24) is 5.32 Å². The molecule has 0 aliphatic rings. The molecular formula is C13H20FNO. The van der Waals surface area contributed by atoms with Crippen molar-refractivity contribution in [2.45, 2.75) is 20.3 Å². The molecular weight excluding hydrogens is 205 g/mol. The Morgan fingerprint density at radius 3 is 2.50 bits per heavy atom. The van der Waals surface area contributed by atoms with Crippen LogP contribution in [0.3, 0.4) is 0 Å². The predicted molar refractivity (Wildman–Crippen MR) is 64.2 cm³/mol. The molecule has 90 valence electrons. The topological polar surface area (TPSA) is 21.3 Å². The quantitative estimate of drug-likeness (QED) is 0.720. The third-order valence-electron chi connectivity index (χ3n) is 2.26. The smallest absolute Gasteiger partial charge is 0.123 e. The van der Waals surface area contributed by atoms with Crippen molar-refractivity contribution in [3.63, 3.8) is 0 Å². The summed E-state index contributed by atoms with van der Waals surface area (Å²) in [6.07, 6.45) is 1.18. The van der Waals surface area contributed by atoms with Crippen LogP contribution in [0.4, 0.5) is 4.39 Å². The van der Waals surface area contributed by atoms with Gasteiger partial charge in [0.2, 0.25) is 0 Å². The summed E-state index contributed by atoms with van der Waals surface area (Å²) in [4.78, 5) is 0. The summed E-state index contributed by atoms with van der Waals surface area (Å²) in [5, 5.41) is 3.30. The molecule has 0 saturated carbocycles. The Labute approximate surface area is 96.8 Å². The summed E-state index contributed by atoms with van der Waals surface area (Å²) in [6.45, 7) is 6.87. The van der Waals surface area contributed by atoms with Crippen LogP contribution in [0, 0.1) is 11.7 Å². The van der Waals surface area contributed by atoms with Crippen LogP contribution in [-0.2, 0) is 0 Å². The molecule has 0 amide bonds. The minimum absolute atomic E-state index is 0.234. The first-order valence-electron chi connectivity index (χ1n) is 5.77. The highest BCUT2D eigenvalue weighted by molar-refractivity contribution is 5.21. The second kappa shape index (κ2) is 7.23. The lowest BCUT2D eigenvalue weighted by Gasteiger charge is -2.08. The highest BCUT2D eigenvalue weighted by Crippen LogP contribution is 2.10. The minimum atomic E-state index is -0.234. The Balaban J connectivity index is 2.05. The van der Waals surface area contributed by atoms with Crippen molar-refractivity contribution in [3.05, 3.63) is 30.1 Å². The van der Waals surface area contributed by atoms with E-state index in [1.54, 1.807) is 12.1 Å². The van der Waals surface area contributed by atoms with Crippen molar-refractivity contribution >= 4 is 0 Å². The maximum Gasteiger partial charge on any atom is 0.123 e. The number of nitrogens with one attached hydrogen (secondary N) is 1. The van der Waals surface area contributed by atoms with Crippen molar-refractivity contribution in [3.8, 4) is 5.75 Å². The van der Waals surface area contributed by atoms with Crippen LogP contribution < -0.4 is 10.1 Å². The summed E-state index contributed by atoms with van der Waals surface area (Å²) in [5.74, 6) is 1.21. The molecule has 1 N–H and O–H groups in total. The molecule has 2 nitrogen and oxygen atoms in total. The van der Waals surface area contributed by atoms with Crippen molar-refractivity contribution < 1.29 is 9.13 Å². The van der Waals surface area contributed by atoms with E-state index in [2.05, 4.69) is 19.2 Å². The molecule has 0 spiro atoms. The van der Waals surface area contributed by atoms with E-state index < -0.39 is 0 Å². The monoisotopic (exact) mass is 225 g/mol. The Morgan fingerprint density at radius 2 is 1.88 bits per heavy atom. The fourth-order valence-electron chi connectivity index (χ4n) is 1.29. The SMILES string of the molecule is CC(C)CCNCCOc1ccc(F)cc1. The molecule has 1 rings (SSSR count). The van der Waals surface area contributed by atoms with Crippen LogP contribution in [0.5, 0.6) is 5.75 Å². The maximum absolute atomic E-state index is 12.6. The summed E-state index contributed by atoms with van der Waals surface area (Å²) >= 11 is 0. The van der Waals surface area contributed by atoms with E-state index in [0.29, 0.717) is 12.4 Å². The van der Waals surface area contributed by atoms with E-state index in [0.717, 1.165) is 19.0 Å². The summed E-state index contributed by atoms with van der Waals surface area (Å²) in [7, 11) is 0. The van der Waals surface area contributed by atoms with E-state index in [-0.39, 0.29) is 5.82 Å². The molecule has 0 heterocycles. The summed E-state index contributed by atoms with van der Waals surface area (Å²) in [6, 6.07) is 6.09. The van der Waals surface area contributed by atoms with Crippen molar-refractivity contribution in [2.75, 3.05) is 19.7 Å². The fraction of sp³-hybridized carbons (Fsp3) is 0.538. The third-order valence-corrected chi connectivity index (χ3v) is 2.26. The third kappa shape index (κ3) is 5.71. The van der Waals surface area contributed by atoms with Crippen LogP contribution in [0.15, 0.2) is 24.3 Å². The van der Waals surface area contributed by atoms with Gasteiger partial charge >= 0.3 is 0 Å². The molecule has 0 aromatic heterocycles. The van der Waals surface area contributed by atoms with Gasteiger partial charge in [-0.2, -0.15) is 0 Å². The lowest BCUT2D eigenvalue weighted by atomic mass is 10.1. The van der Waals surface area contributed by atoms with E-state index >= 15 is 0 Å². The van der Waals surface area contributed by atoms with Gasteiger partial charge in [-0.3, -0.25) is 0 Å². The van der Waals surface area contributed by atoms with Gasteiger partial charge in [-0.25, -0.2) is 4.39 Å². The number of benzene rings is 1. The fourth-order valence-corrected chi connectivity index (χ4v) is 1.29. The number of halogens is 1. The molecule has 0 unspecified atom stereocenters. The Hall–Kier alpha value is -1.09. The molecule has 3 heteroatoms. The van der Waals surface area contributed by atoms with E-state index in [1.807, 2.05) is 0 Å². The molecule has 0 bridgehead atoms. The zero-order valence-corrected chi connectivity index (χ0v) is 10.0. The molecule has 0 aliphatic carbocycles. The molecule has 0 fully saturated rings. The van der Waals surface area contributed by atoms with Crippen LogP contribution in [-0.4, -0.2) is 19.7 Å². The maximum atomic E-state index is 12.6. The van der Waals surface area contributed by atoms with Crippen LogP contribution in [0.2, 0.25) is 0 Å². The highest BCUT2D eigenvalue weighted by Gasteiger charge is 1.95. The van der Waals surface area contributed by atoms with Gasteiger partial charge in [0.05, 0.1) is 0 Å². The van der Waals surface area contributed by atoms with E-state index in [1.165, 1.54) is 18.6 Å². The number of hydrogen-bond donors (Lipinski definition) is 1. The molecule has 0 saturated heterocycles. The number of rotatable bonds is 7. The van der Waals surface area contributed by atoms with Gasteiger partial charge in [0.25, 0.3) is 0 Å². The normalized spacial score (nSPS) is 10.8. The summed E-state index contributed by atoms with van der Waals surface area (Å²) < 4.78 is 18.0. The van der Waals surface area contributed by atoms with Crippen LogP contribution in [0.25, 0.3) is 0 Å². The van der Waals surface area contributed by atoms with Crippen molar-refractivity contribution in [2.24, 2.45) is 5.92 Å². The molecule has 1 aromatic carbocycles. The highest BCUT2D eigenvalue weighted by atomic mass is 19.1. The Bertz CT molecular complexity index is 284. The summed E-state index contributed by atoms with van der Waals surface area (Å²) in [5.41, 5.74) is 0. The number of hydrogen-bond acceptors (Lipinski definition) is 2. The Morgan fingerprint density at radius 1 is 1.19 bits per heavy atom. The molecule has 1 aromatic rings. The van der Waals surface area contributed by atoms with Gasteiger partial charge in [0.1, 0.15) is 18.2 Å². The first kappa shape index (κ1) is 13.0. The lowest BCUT2D eigenvalue weighted by Crippen LogP contribution is -2.22. The first-order valence-corrected chi connectivity index (χ1v) is 5.77. The molecule has 0 atom stereocenters. The van der Waals surface area contributed by atoms with Crippen LogP contribution >= 0.6 is 0 Å². The zero-order valence-electron chi connectivity index (χ0n) is 10.0. The Kier molecular flexibility index (Phi) is 5.86. The van der Waals surface area contributed by atoms with Gasteiger partial charge in [0.15, 0.2) is 0 Å². The van der Waals surface area contributed by atoms with Crippen molar-refractivity contribution in [1.29, 1.82) is 0 Å². The molecule has 0 radical (unpaired) electrons. The van der Waals surface area contributed by atoms with Crippen LogP contribution in [0.1, 0.15) is 20.3 Å². The van der Waals surface area contributed by atoms with E-state index in [9.17, 15) is 4.39 Å². The molecule has 16 heavy (non-hydrogen) atoms. The zero-order chi connectivity index (χ0) is 11.8. The number of ether oxygens (including phenoxy) is 1. The average molecular weight is 225 g/mol. The van der Waals surface area contributed by atoms with Gasteiger partial charge < -0.3 is 10.1 Å². The minimum Gasteiger partial charge on any atom is -0.492 e. The average Bonchev–Trinajstić information content (AvgIpc) is 2.25. The standard InChI is InChI=1S/C13H20FNO/c1-11(2)7-8-15-9-10-16-13-5-3-12(14)4-6-13/h3-6,11,15H,7-10H2,1-2H3. The van der Waals surface area contributed by atoms with Gasteiger partial charge in [-0.1, -0.05) is 13.8 Å². The predicted octanol–water partition coefficient (Wildman–Crippen LogP) is 2.84. The van der Waals surface area contributed by atoms with Gasteiger partial charge in [0, 0.05) is 6.54 Å².